The van der Waals surface area contributed by atoms with E-state index in [4.69, 9.17) is 5.73 Å². The molecular weight excluding hydrogens is 293 g/mol. The topological polar surface area (TPSA) is 50.9 Å². The van der Waals surface area contributed by atoms with Gasteiger partial charge in [-0.3, -0.25) is 0 Å². The van der Waals surface area contributed by atoms with E-state index in [9.17, 15) is 4.39 Å². The van der Waals surface area contributed by atoms with Crippen LogP contribution in [-0.4, -0.2) is 4.37 Å². The molecule has 0 spiro atoms. The van der Waals surface area contributed by atoms with E-state index < -0.39 is 0 Å². The summed E-state index contributed by atoms with van der Waals surface area (Å²) in [6.45, 7) is 0.528. The zero-order valence-electron chi connectivity index (χ0n) is 8.21. The predicted octanol–water partition coefficient (Wildman–Crippen LogP) is 3.24. The molecule has 3 nitrogen and oxygen atoms in total. The number of anilines is 2. The van der Waals surface area contributed by atoms with E-state index in [-0.39, 0.29) is 5.82 Å². The monoisotopic (exact) mass is 301 g/mol. The highest BCUT2D eigenvalue weighted by atomic mass is 79.9. The first kappa shape index (κ1) is 11.3. The summed E-state index contributed by atoms with van der Waals surface area (Å²) in [6, 6.07) is 6.34. The van der Waals surface area contributed by atoms with Gasteiger partial charge in [-0.1, -0.05) is 15.9 Å². The molecule has 0 bridgehead atoms. The maximum absolute atomic E-state index is 13.0. The van der Waals surface area contributed by atoms with Crippen molar-refractivity contribution in [2.75, 3.05) is 11.1 Å². The Bertz CT molecular complexity index is 501. The van der Waals surface area contributed by atoms with Gasteiger partial charge in [0.1, 0.15) is 16.6 Å². The van der Waals surface area contributed by atoms with E-state index in [0.29, 0.717) is 12.4 Å². The number of nitrogen functional groups attached to an aromatic ring is 1. The van der Waals surface area contributed by atoms with Crippen LogP contribution in [0.2, 0.25) is 0 Å². The van der Waals surface area contributed by atoms with Crippen LogP contribution in [0.15, 0.2) is 28.7 Å². The molecule has 2 aromatic rings. The minimum absolute atomic E-state index is 0.246. The first-order valence-electron chi connectivity index (χ1n) is 4.55. The maximum Gasteiger partial charge on any atom is 0.139 e. The third kappa shape index (κ3) is 2.70. The first-order valence-corrected chi connectivity index (χ1v) is 6.12. The average Bonchev–Trinajstić information content (AvgIpc) is 2.66. The summed E-state index contributed by atoms with van der Waals surface area (Å²) in [6.07, 6.45) is 0. The Morgan fingerprint density at radius 2 is 2.25 bits per heavy atom. The van der Waals surface area contributed by atoms with Crippen molar-refractivity contribution < 1.29 is 4.39 Å². The van der Waals surface area contributed by atoms with Crippen LogP contribution in [0.5, 0.6) is 0 Å². The molecule has 2 rings (SSSR count). The van der Waals surface area contributed by atoms with Crippen LogP contribution in [0.4, 0.5) is 15.2 Å². The molecule has 0 saturated heterocycles. The number of nitrogens with one attached hydrogen (secondary N) is 1. The zero-order chi connectivity index (χ0) is 11.5. The Hall–Kier alpha value is -1.14. The molecule has 16 heavy (non-hydrogen) atoms. The molecule has 0 saturated carbocycles. The number of hydrogen-bond acceptors (Lipinski definition) is 4. The number of benzene rings is 1. The Kier molecular flexibility index (Phi) is 3.40. The van der Waals surface area contributed by atoms with E-state index in [1.165, 1.54) is 23.7 Å². The van der Waals surface area contributed by atoms with Gasteiger partial charge in [-0.2, -0.15) is 4.37 Å². The van der Waals surface area contributed by atoms with Crippen LogP contribution in [0, 0.1) is 5.82 Å². The van der Waals surface area contributed by atoms with E-state index in [1.807, 2.05) is 0 Å². The van der Waals surface area contributed by atoms with E-state index in [0.717, 1.165) is 15.0 Å². The second kappa shape index (κ2) is 4.80. The molecule has 0 amide bonds. The highest BCUT2D eigenvalue weighted by Gasteiger charge is 2.03. The minimum atomic E-state index is -0.246. The fourth-order valence-corrected chi connectivity index (χ4v) is 2.19. The van der Waals surface area contributed by atoms with Gasteiger partial charge >= 0.3 is 0 Å². The summed E-state index contributed by atoms with van der Waals surface area (Å²) in [4.78, 5) is 0. The van der Waals surface area contributed by atoms with Crippen molar-refractivity contribution in [3.8, 4) is 0 Å². The minimum Gasteiger partial charge on any atom is -0.383 e. The molecule has 0 unspecified atom stereocenters. The molecule has 0 fully saturated rings. The van der Waals surface area contributed by atoms with Crippen molar-refractivity contribution in [1.82, 2.24) is 4.37 Å². The molecular formula is C10H9BrFN3S. The fraction of sp³-hybridized carbons (Fsp3) is 0.100. The SMILES string of the molecule is Nc1cc(NCc2cc(F)ccc2Br)sn1. The smallest absolute Gasteiger partial charge is 0.139 e. The quantitative estimate of drug-likeness (QED) is 0.915. The number of hydrogen-bond donors (Lipinski definition) is 2. The number of aromatic nitrogens is 1. The zero-order valence-corrected chi connectivity index (χ0v) is 10.6. The molecule has 1 aromatic heterocycles. The van der Waals surface area contributed by atoms with Crippen LogP contribution < -0.4 is 11.1 Å². The van der Waals surface area contributed by atoms with Crippen molar-refractivity contribution in [3.63, 3.8) is 0 Å². The predicted molar refractivity (Wildman–Crippen MR) is 68.0 cm³/mol. The molecule has 0 radical (unpaired) electrons. The van der Waals surface area contributed by atoms with Gasteiger partial charge in [0.25, 0.3) is 0 Å². The Balaban J connectivity index is 2.07. The lowest BCUT2D eigenvalue weighted by Gasteiger charge is -2.05. The van der Waals surface area contributed by atoms with Gasteiger partial charge in [-0.25, -0.2) is 4.39 Å². The van der Waals surface area contributed by atoms with Crippen LogP contribution in [0.1, 0.15) is 5.56 Å². The Morgan fingerprint density at radius 1 is 1.44 bits per heavy atom. The van der Waals surface area contributed by atoms with Crippen LogP contribution in [-0.2, 0) is 6.54 Å². The van der Waals surface area contributed by atoms with E-state index >= 15 is 0 Å². The number of halogens is 2. The van der Waals surface area contributed by atoms with Crippen LogP contribution in [0.25, 0.3) is 0 Å². The van der Waals surface area contributed by atoms with Gasteiger partial charge in [-0.15, -0.1) is 0 Å². The lowest BCUT2D eigenvalue weighted by atomic mass is 10.2. The second-order valence-corrected chi connectivity index (χ2v) is 4.86. The highest BCUT2D eigenvalue weighted by molar-refractivity contribution is 9.10. The van der Waals surface area contributed by atoms with E-state index in [2.05, 4.69) is 25.6 Å². The standard InChI is InChI=1S/C10H9BrFN3S/c11-8-2-1-7(12)3-6(8)5-14-10-4-9(13)15-16-10/h1-4,14H,5H2,(H2,13,15). The Labute approximate surface area is 105 Å². The van der Waals surface area contributed by atoms with Gasteiger partial charge in [0.05, 0.1) is 0 Å². The lowest BCUT2D eigenvalue weighted by Crippen LogP contribution is -1.99. The third-order valence-electron chi connectivity index (χ3n) is 1.99. The van der Waals surface area contributed by atoms with Crippen LogP contribution >= 0.6 is 27.5 Å². The summed E-state index contributed by atoms with van der Waals surface area (Å²) in [5, 5.41) is 4.00. The van der Waals surface area contributed by atoms with Crippen molar-refractivity contribution in [1.29, 1.82) is 0 Å². The summed E-state index contributed by atoms with van der Waals surface area (Å²) in [7, 11) is 0. The van der Waals surface area contributed by atoms with Crippen molar-refractivity contribution in [2.45, 2.75) is 6.54 Å². The summed E-state index contributed by atoms with van der Waals surface area (Å²) >= 11 is 4.65. The van der Waals surface area contributed by atoms with Gasteiger partial charge in [0, 0.05) is 17.1 Å². The molecule has 0 aliphatic carbocycles. The van der Waals surface area contributed by atoms with Gasteiger partial charge in [0.15, 0.2) is 0 Å². The van der Waals surface area contributed by atoms with Crippen molar-refractivity contribution in [3.05, 3.63) is 40.1 Å². The van der Waals surface area contributed by atoms with Gasteiger partial charge in [0.2, 0.25) is 0 Å². The molecule has 1 aromatic carbocycles. The summed E-state index contributed by atoms with van der Waals surface area (Å²) < 4.78 is 17.8. The normalized spacial score (nSPS) is 10.4. The van der Waals surface area contributed by atoms with Crippen LogP contribution in [0.3, 0.4) is 0 Å². The fourth-order valence-electron chi connectivity index (χ4n) is 1.23. The summed E-state index contributed by atoms with van der Waals surface area (Å²) in [5.41, 5.74) is 6.35. The first-order chi connectivity index (χ1) is 7.65. The third-order valence-corrected chi connectivity index (χ3v) is 3.52. The Morgan fingerprint density at radius 3 is 2.94 bits per heavy atom. The molecule has 0 aliphatic rings. The largest absolute Gasteiger partial charge is 0.383 e. The van der Waals surface area contributed by atoms with Gasteiger partial charge in [-0.05, 0) is 35.3 Å². The highest BCUT2D eigenvalue weighted by Crippen LogP contribution is 2.22. The molecule has 1 heterocycles. The molecule has 0 atom stereocenters. The molecule has 3 N–H and O–H groups in total. The number of rotatable bonds is 3. The number of nitrogens with two attached hydrogens (primary N) is 1. The summed E-state index contributed by atoms with van der Waals surface area (Å²) in [5.74, 6) is 0.245. The number of nitrogens with zero attached hydrogens (tertiary/aromatic N) is 1. The van der Waals surface area contributed by atoms with E-state index in [1.54, 1.807) is 12.1 Å². The molecule has 6 heteroatoms. The van der Waals surface area contributed by atoms with Crippen molar-refractivity contribution >= 4 is 38.3 Å². The van der Waals surface area contributed by atoms with Crippen molar-refractivity contribution in [2.24, 2.45) is 0 Å². The maximum atomic E-state index is 13.0. The molecule has 0 aliphatic heterocycles. The van der Waals surface area contributed by atoms with Gasteiger partial charge < -0.3 is 11.1 Å². The molecule has 84 valence electrons. The average molecular weight is 302 g/mol. The second-order valence-electron chi connectivity index (χ2n) is 3.21. The lowest BCUT2D eigenvalue weighted by molar-refractivity contribution is 0.625.